The third-order valence-electron chi connectivity index (χ3n) is 4.77. The minimum atomic E-state index is 0.141. The van der Waals surface area contributed by atoms with E-state index in [4.69, 9.17) is 11.5 Å². The monoisotopic (exact) mass is 370 g/mol. The lowest BCUT2D eigenvalue weighted by molar-refractivity contribution is -0.113. The van der Waals surface area contributed by atoms with Crippen molar-refractivity contribution in [3.63, 3.8) is 0 Å². The molecule has 0 bridgehead atoms. The lowest BCUT2D eigenvalue weighted by Gasteiger charge is -2.21. The van der Waals surface area contributed by atoms with Crippen LogP contribution in [0.3, 0.4) is 0 Å². The predicted molar refractivity (Wildman–Crippen MR) is 119 cm³/mol. The minimum absolute atomic E-state index is 0.141. The number of allylic oxidation sites excluding steroid dienone is 6. The van der Waals surface area contributed by atoms with Gasteiger partial charge in [-0.3, -0.25) is 4.79 Å². The highest BCUT2D eigenvalue weighted by Crippen LogP contribution is 2.29. The Morgan fingerprint density at radius 2 is 1.14 bits per heavy atom. The number of anilines is 2. The van der Waals surface area contributed by atoms with Crippen molar-refractivity contribution in [2.45, 2.75) is 19.8 Å². The molecule has 1 fully saturated rings. The van der Waals surface area contributed by atoms with Crippen LogP contribution in [0.1, 0.15) is 30.9 Å². The van der Waals surface area contributed by atoms with E-state index in [2.05, 4.69) is 6.92 Å². The van der Waals surface area contributed by atoms with Crippen molar-refractivity contribution < 1.29 is 4.79 Å². The van der Waals surface area contributed by atoms with Crippen molar-refractivity contribution in [3.05, 3.63) is 95.1 Å². The zero-order chi connectivity index (χ0) is 19.9. The van der Waals surface area contributed by atoms with Crippen molar-refractivity contribution in [2.24, 2.45) is 5.92 Å². The highest BCUT2D eigenvalue weighted by Gasteiger charge is 2.24. The fourth-order valence-electron chi connectivity index (χ4n) is 3.27. The first-order valence-electron chi connectivity index (χ1n) is 9.51. The molecule has 4 N–H and O–H groups in total. The van der Waals surface area contributed by atoms with Crippen molar-refractivity contribution in [3.8, 4) is 0 Å². The van der Waals surface area contributed by atoms with E-state index >= 15 is 0 Å². The number of Topliss-reactive ketones (excluding diaryl/α,β-unsaturated/α-hetero) is 1. The summed E-state index contributed by atoms with van der Waals surface area (Å²) in [4.78, 5) is 12.8. The highest BCUT2D eigenvalue weighted by atomic mass is 16.1. The summed E-state index contributed by atoms with van der Waals surface area (Å²) in [7, 11) is 0. The number of hydrogen-bond donors (Lipinski definition) is 2. The topological polar surface area (TPSA) is 69.1 Å². The van der Waals surface area contributed by atoms with Gasteiger partial charge in [0.1, 0.15) is 0 Å². The summed E-state index contributed by atoms with van der Waals surface area (Å²) in [6.45, 7) is 2.18. The maximum atomic E-state index is 12.8. The Bertz CT molecular complexity index is 868. The van der Waals surface area contributed by atoms with Crippen molar-refractivity contribution >= 4 is 29.3 Å². The second kappa shape index (κ2) is 9.05. The van der Waals surface area contributed by atoms with Gasteiger partial charge in [-0.15, -0.1) is 0 Å². The Kier molecular flexibility index (Phi) is 6.28. The van der Waals surface area contributed by atoms with Crippen LogP contribution in [0.25, 0.3) is 12.2 Å². The lowest BCUT2D eigenvalue weighted by atomic mass is 9.81. The number of nitrogens with two attached hydrogens (primary N) is 2. The molecular weight excluding hydrogens is 344 g/mol. The highest BCUT2D eigenvalue weighted by molar-refractivity contribution is 6.09. The number of ketones is 1. The average molecular weight is 370 g/mol. The van der Waals surface area contributed by atoms with Gasteiger partial charge in [0.15, 0.2) is 5.78 Å². The Hall–Kier alpha value is -3.33. The Morgan fingerprint density at radius 1 is 0.750 bits per heavy atom. The van der Waals surface area contributed by atoms with Crippen LogP contribution in [0.5, 0.6) is 0 Å². The second-order valence-corrected chi connectivity index (χ2v) is 7.28. The first-order valence-corrected chi connectivity index (χ1v) is 9.51. The van der Waals surface area contributed by atoms with E-state index < -0.39 is 0 Å². The Morgan fingerprint density at radius 3 is 1.54 bits per heavy atom. The number of carbonyl (C=O) groups excluding carboxylic acids is 1. The molecule has 0 aliphatic heterocycles. The molecule has 3 nitrogen and oxygen atoms in total. The van der Waals surface area contributed by atoms with Gasteiger partial charge in [-0.05, 0) is 54.2 Å². The van der Waals surface area contributed by atoms with E-state index in [9.17, 15) is 4.79 Å². The molecule has 1 aliphatic carbocycles. The molecule has 142 valence electrons. The van der Waals surface area contributed by atoms with E-state index in [-0.39, 0.29) is 5.78 Å². The molecule has 0 heterocycles. The number of nitrogen functional groups attached to an aromatic ring is 2. The standard InChI is InChI=1S/C25H26N2O/c1-18-16-21(6-2-4-19-8-12-23(26)13-9-19)25(28)22(17-18)7-3-5-20-10-14-24(27)15-11-20/h2-15,18H,16-17,26-27H2,1H3/b4-2+,5-3+,21-6+,22-7+. The molecule has 1 saturated carbocycles. The molecule has 0 radical (unpaired) electrons. The number of hydrogen-bond acceptors (Lipinski definition) is 3. The van der Waals surface area contributed by atoms with Gasteiger partial charge in [-0.2, -0.15) is 0 Å². The summed E-state index contributed by atoms with van der Waals surface area (Å²) in [5.74, 6) is 0.590. The van der Waals surface area contributed by atoms with Gasteiger partial charge in [0.05, 0.1) is 0 Å². The van der Waals surface area contributed by atoms with Crippen molar-refractivity contribution in [1.82, 2.24) is 0 Å². The van der Waals surface area contributed by atoms with E-state index in [0.717, 1.165) is 46.5 Å². The molecule has 1 aliphatic rings. The SMILES string of the molecule is CC1C/C(=C\C=C\c2ccc(N)cc2)C(=O)/C(=C/C=C/c2ccc(N)cc2)C1. The summed E-state index contributed by atoms with van der Waals surface area (Å²) >= 11 is 0. The average Bonchev–Trinajstić information content (AvgIpc) is 2.68. The molecule has 28 heavy (non-hydrogen) atoms. The molecule has 0 spiro atoms. The zero-order valence-corrected chi connectivity index (χ0v) is 16.1. The van der Waals surface area contributed by atoms with Crippen LogP contribution in [0.4, 0.5) is 11.4 Å². The van der Waals surface area contributed by atoms with Crippen LogP contribution in [0.15, 0.2) is 84.0 Å². The zero-order valence-electron chi connectivity index (χ0n) is 16.1. The fourth-order valence-corrected chi connectivity index (χ4v) is 3.27. The third kappa shape index (κ3) is 5.34. The van der Waals surface area contributed by atoms with Gasteiger partial charge < -0.3 is 11.5 Å². The molecule has 3 heteroatoms. The van der Waals surface area contributed by atoms with E-state index in [1.165, 1.54) is 0 Å². The Balaban J connectivity index is 1.72. The maximum absolute atomic E-state index is 12.8. The molecular formula is C25H26N2O. The van der Waals surface area contributed by atoms with Crippen LogP contribution < -0.4 is 11.5 Å². The molecule has 2 aromatic rings. The minimum Gasteiger partial charge on any atom is -0.399 e. The molecule has 2 aromatic carbocycles. The second-order valence-electron chi connectivity index (χ2n) is 7.28. The predicted octanol–water partition coefficient (Wildman–Crippen LogP) is 5.43. The molecule has 0 unspecified atom stereocenters. The molecule has 0 atom stereocenters. The van der Waals surface area contributed by atoms with Crippen LogP contribution in [-0.4, -0.2) is 5.78 Å². The van der Waals surface area contributed by atoms with Gasteiger partial charge in [0.2, 0.25) is 0 Å². The summed E-state index contributed by atoms with van der Waals surface area (Å²) in [5.41, 5.74) is 16.7. The van der Waals surface area contributed by atoms with Gasteiger partial charge in [0, 0.05) is 22.5 Å². The number of carbonyl (C=O) groups is 1. The lowest BCUT2D eigenvalue weighted by Crippen LogP contribution is -2.18. The molecule has 0 amide bonds. The summed E-state index contributed by atoms with van der Waals surface area (Å²) in [5, 5.41) is 0. The van der Waals surface area contributed by atoms with Crippen LogP contribution in [-0.2, 0) is 4.79 Å². The summed E-state index contributed by atoms with van der Waals surface area (Å²) in [6.07, 6.45) is 13.4. The first-order chi connectivity index (χ1) is 13.5. The molecule has 3 rings (SSSR count). The largest absolute Gasteiger partial charge is 0.399 e. The van der Waals surface area contributed by atoms with Gasteiger partial charge >= 0.3 is 0 Å². The first kappa shape index (κ1) is 19.4. The van der Waals surface area contributed by atoms with Crippen molar-refractivity contribution in [1.29, 1.82) is 0 Å². The van der Waals surface area contributed by atoms with Gasteiger partial charge in [-0.25, -0.2) is 0 Å². The van der Waals surface area contributed by atoms with E-state index in [0.29, 0.717) is 5.92 Å². The molecule has 0 saturated heterocycles. The van der Waals surface area contributed by atoms with Crippen LogP contribution in [0.2, 0.25) is 0 Å². The smallest absolute Gasteiger partial charge is 0.185 e. The number of rotatable bonds is 4. The van der Waals surface area contributed by atoms with E-state index in [1.807, 2.05) is 85.0 Å². The quantitative estimate of drug-likeness (QED) is 0.557. The normalized spacial score (nSPS) is 20.6. The summed E-state index contributed by atoms with van der Waals surface area (Å²) < 4.78 is 0. The number of benzene rings is 2. The Labute approximate surface area is 166 Å². The third-order valence-corrected chi connectivity index (χ3v) is 4.77. The maximum Gasteiger partial charge on any atom is 0.185 e. The van der Waals surface area contributed by atoms with Gasteiger partial charge in [0.25, 0.3) is 0 Å². The molecule has 0 aromatic heterocycles. The van der Waals surface area contributed by atoms with Crippen molar-refractivity contribution in [2.75, 3.05) is 11.5 Å². The van der Waals surface area contributed by atoms with Gasteiger partial charge in [-0.1, -0.05) is 67.6 Å². The van der Waals surface area contributed by atoms with Crippen LogP contribution in [0, 0.1) is 5.92 Å². The fraction of sp³-hybridized carbons (Fsp3) is 0.160. The van der Waals surface area contributed by atoms with E-state index in [1.54, 1.807) is 0 Å². The van der Waals surface area contributed by atoms with Crippen LogP contribution >= 0.6 is 0 Å². The summed E-state index contributed by atoms with van der Waals surface area (Å²) in [6, 6.07) is 15.3.